The number of aromatic amines is 1. The summed E-state index contributed by atoms with van der Waals surface area (Å²) in [6.07, 6.45) is 1.35. The fourth-order valence-electron chi connectivity index (χ4n) is 4.72. The Hall–Kier alpha value is -3.06. The van der Waals surface area contributed by atoms with Crippen LogP contribution in [0.1, 0.15) is 28.4 Å². The van der Waals surface area contributed by atoms with Gasteiger partial charge in [-0.05, 0) is 41.5 Å². The predicted molar refractivity (Wildman–Crippen MR) is 107 cm³/mol. The van der Waals surface area contributed by atoms with E-state index in [-0.39, 0.29) is 30.4 Å². The van der Waals surface area contributed by atoms with Crippen LogP contribution in [0.4, 0.5) is 8.78 Å². The van der Waals surface area contributed by atoms with E-state index in [0.29, 0.717) is 29.5 Å². The molecule has 0 fully saturated rings. The fraction of sp³-hybridized carbons (Fsp3) is 0.304. The molecule has 1 aromatic heterocycles. The summed E-state index contributed by atoms with van der Waals surface area (Å²) in [5, 5.41) is 0.379. The number of likely N-dealkylation sites (N-methyl/N-ethyl adjacent to an activating group) is 1. The quantitative estimate of drug-likeness (QED) is 0.706. The SMILES string of the molecule is CN(C(=O)C1Cc2ccccc2C1)C1COCc2[nH]c(=O)c3cc(F)c(F)cc3c21. The second-order valence-corrected chi connectivity index (χ2v) is 8.01. The molecule has 0 spiro atoms. The minimum Gasteiger partial charge on any atom is -0.373 e. The van der Waals surface area contributed by atoms with Crippen LogP contribution in [0.25, 0.3) is 10.8 Å². The van der Waals surface area contributed by atoms with E-state index in [9.17, 15) is 18.4 Å². The zero-order valence-corrected chi connectivity index (χ0v) is 16.4. The van der Waals surface area contributed by atoms with E-state index in [2.05, 4.69) is 4.98 Å². The molecule has 1 amide bonds. The number of nitrogens with zero attached hydrogens (tertiary/aromatic N) is 1. The van der Waals surface area contributed by atoms with Crippen molar-refractivity contribution in [2.45, 2.75) is 25.5 Å². The summed E-state index contributed by atoms with van der Waals surface area (Å²) in [4.78, 5) is 30.0. The molecule has 1 unspecified atom stereocenters. The number of pyridine rings is 1. The van der Waals surface area contributed by atoms with E-state index >= 15 is 0 Å². The lowest BCUT2D eigenvalue weighted by Gasteiger charge is -2.35. The summed E-state index contributed by atoms with van der Waals surface area (Å²) in [5.41, 5.74) is 2.95. The molecule has 2 aliphatic rings. The third kappa shape index (κ3) is 2.92. The first-order valence-corrected chi connectivity index (χ1v) is 9.89. The molecule has 2 heterocycles. The van der Waals surface area contributed by atoms with Crippen molar-refractivity contribution in [3.05, 3.63) is 80.8 Å². The molecule has 7 heteroatoms. The minimum atomic E-state index is -1.08. The van der Waals surface area contributed by atoms with Crippen LogP contribution < -0.4 is 5.56 Å². The van der Waals surface area contributed by atoms with Crippen molar-refractivity contribution in [2.24, 2.45) is 5.92 Å². The molecule has 30 heavy (non-hydrogen) atoms. The maximum absolute atomic E-state index is 14.0. The first-order chi connectivity index (χ1) is 14.4. The lowest BCUT2D eigenvalue weighted by atomic mass is 9.94. The van der Waals surface area contributed by atoms with Crippen LogP contribution in [0.3, 0.4) is 0 Å². The maximum Gasteiger partial charge on any atom is 0.256 e. The molecule has 5 rings (SSSR count). The maximum atomic E-state index is 14.0. The van der Waals surface area contributed by atoms with Gasteiger partial charge in [-0.25, -0.2) is 8.78 Å². The zero-order valence-electron chi connectivity index (χ0n) is 16.4. The lowest BCUT2D eigenvalue weighted by Crippen LogP contribution is -2.40. The molecule has 1 atom stereocenters. The third-order valence-electron chi connectivity index (χ3n) is 6.26. The van der Waals surface area contributed by atoms with E-state index in [1.165, 1.54) is 11.1 Å². The van der Waals surface area contributed by atoms with Crippen molar-refractivity contribution in [1.82, 2.24) is 9.88 Å². The van der Waals surface area contributed by atoms with Crippen molar-refractivity contribution in [1.29, 1.82) is 0 Å². The molecule has 0 saturated carbocycles. The number of halogens is 2. The van der Waals surface area contributed by atoms with Gasteiger partial charge in [-0.1, -0.05) is 24.3 Å². The van der Waals surface area contributed by atoms with Crippen molar-refractivity contribution in [2.75, 3.05) is 13.7 Å². The molecule has 1 aliphatic carbocycles. The van der Waals surface area contributed by atoms with Gasteiger partial charge in [-0.15, -0.1) is 0 Å². The van der Waals surface area contributed by atoms with Gasteiger partial charge in [0.05, 0.1) is 24.6 Å². The Morgan fingerprint density at radius 1 is 1.10 bits per heavy atom. The fourth-order valence-corrected chi connectivity index (χ4v) is 4.72. The molecular weight excluding hydrogens is 390 g/mol. The Morgan fingerprint density at radius 3 is 2.40 bits per heavy atom. The number of H-pyrrole nitrogens is 1. The van der Waals surface area contributed by atoms with Gasteiger partial charge < -0.3 is 14.6 Å². The van der Waals surface area contributed by atoms with Crippen molar-refractivity contribution in [3.8, 4) is 0 Å². The number of amides is 1. The highest BCUT2D eigenvalue weighted by Gasteiger charge is 2.35. The molecule has 0 saturated heterocycles. The molecule has 2 aromatic carbocycles. The second-order valence-electron chi connectivity index (χ2n) is 8.01. The van der Waals surface area contributed by atoms with Crippen LogP contribution in [-0.2, 0) is 29.0 Å². The van der Waals surface area contributed by atoms with Gasteiger partial charge in [0.25, 0.3) is 5.56 Å². The molecular formula is C23H20F2N2O3. The Bertz CT molecular complexity index is 1210. The molecule has 1 N–H and O–H groups in total. The smallest absolute Gasteiger partial charge is 0.256 e. The van der Waals surface area contributed by atoms with Crippen LogP contribution in [-0.4, -0.2) is 29.4 Å². The van der Waals surface area contributed by atoms with Gasteiger partial charge in [0, 0.05) is 24.2 Å². The van der Waals surface area contributed by atoms with Crippen molar-refractivity contribution in [3.63, 3.8) is 0 Å². The summed E-state index contributed by atoms with van der Waals surface area (Å²) in [6.45, 7) is 0.363. The number of nitrogens with one attached hydrogen (secondary N) is 1. The molecule has 154 valence electrons. The Morgan fingerprint density at radius 2 is 1.73 bits per heavy atom. The van der Waals surface area contributed by atoms with Crippen LogP contribution in [0, 0.1) is 17.6 Å². The number of aromatic nitrogens is 1. The largest absolute Gasteiger partial charge is 0.373 e. The summed E-state index contributed by atoms with van der Waals surface area (Å²) in [7, 11) is 1.70. The van der Waals surface area contributed by atoms with Gasteiger partial charge in [0.2, 0.25) is 5.91 Å². The molecule has 1 aliphatic heterocycles. The summed E-state index contributed by atoms with van der Waals surface area (Å²) >= 11 is 0. The van der Waals surface area contributed by atoms with E-state index in [1.54, 1.807) is 11.9 Å². The number of fused-ring (bicyclic) bond motifs is 4. The van der Waals surface area contributed by atoms with Crippen LogP contribution in [0.2, 0.25) is 0 Å². The highest BCUT2D eigenvalue weighted by Crippen LogP contribution is 2.36. The zero-order chi connectivity index (χ0) is 21.0. The van der Waals surface area contributed by atoms with Crippen LogP contribution in [0.15, 0.2) is 41.2 Å². The van der Waals surface area contributed by atoms with Gasteiger partial charge in [-0.3, -0.25) is 9.59 Å². The minimum absolute atomic E-state index is 0.0328. The lowest BCUT2D eigenvalue weighted by molar-refractivity contribution is -0.138. The summed E-state index contributed by atoms with van der Waals surface area (Å²) < 4.78 is 33.4. The van der Waals surface area contributed by atoms with Gasteiger partial charge in [0.1, 0.15) is 0 Å². The number of rotatable bonds is 2. The average molecular weight is 410 g/mol. The predicted octanol–water partition coefficient (Wildman–Crippen LogP) is 3.25. The van der Waals surface area contributed by atoms with Gasteiger partial charge >= 0.3 is 0 Å². The number of hydrogen-bond donors (Lipinski definition) is 1. The van der Waals surface area contributed by atoms with E-state index in [4.69, 9.17) is 4.74 Å². The normalized spacial score (nSPS) is 18.3. The van der Waals surface area contributed by atoms with Gasteiger partial charge in [0.15, 0.2) is 11.6 Å². The van der Waals surface area contributed by atoms with Crippen LogP contribution >= 0.6 is 0 Å². The number of benzene rings is 2. The molecule has 0 bridgehead atoms. The second kappa shape index (κ2) is 7.02. The van der Waals surface area contributed by atoms with Gasteiger partial charge in [-0.2, -0.15) is 0 Å². The molecule has 0 radical (unpaired) electrons. The Labute approximate surface area is 171 Å². The van der Waals surface area contributed by atoms with Crippen LogP contribution in [0.5, 0.6) is 0 Å². The summed E-state index contributed by atoms with van der Waals surface area (Å²) in [6, 6.07) is 9.46. The topological polar surface area (TPSA) is 62.4 Å². The first kappa shape index (κ1) is 18.9. The Kier molecular flexibility index (Phi) is 4.43. The first-order valence-electron chi connectivity index (χ1n) is 9.89. The molecule has 5 nitrogen and oxygen atoms in total. The average Bonchev–Trinajstić information content (AvgIpc) is 3.18. The standard InChI is InChI=1S/C23H20F2N2O3/c1-27(23(29)14-6-12-4-2-3-5-13(12)7-14)20-11-30-10-19-21(20)15-8-17(24)18(25)9-16(15)22(28)26-19/h2-5,8-9,14,20H,6-7,10-11H2,1H3,(H,26,28). The number of ether oxygens (including phenoxy) is 1. The van der Waals surface area contributed by atoms with E-state index in [0.717, 1.165) is 12.1 Å². The Balaban J connectivity index is 1.54. The number of carbonyl (C=O) groups excluding carboxylic acids is 1. The third-order valence-corrected chi connectivity index (χ3v) is 6.26. The highest BCUT2D eigenvalue weighted by atomic mass is 19.2. The number of hydrogen-bond acceptors (Lipinski definition) is 3. The van der Waals surface area contributed by atoms with E-state index in [1.807, 2.05) is 24.3 Å². The van der Waals surface area contributed by atoms with Crippen molar-refractivity contribution >= 4 is 16.7 Å². The monoisotopic (exact) mass is 410 g/mol. The van der Waals surface area contributed by atoms with E-state index < -0.39 is 23.2 Å². The number of carbonyl (C=O) groups is 1. The summed E-state index contributed by atoms with van der Waals surface area (Å²) in [5.74, 6) is -2.32. The molecule has 3 aromatic rings. The van der Waals surface area contributed by atoms with Crippen molar-refractivity contribution < 1.29 is 18.3 Å². The highest BCUT2D eigenvalue weighted by molar-refractivity contribution is 5.87.